The molecule has 0 atom stereocenters. The van der Waals surface area contributed by atoms with Gasteiger partial charge < -0.3 is 15.4 Å². The van der Waals surface area contributed by atoms with Crippen molar-refractivity contribution in [3.05, 3.63) is 89.5 Å². The second kappa shape index (κ2) is 10.1. The van der Waals surface area contributed by atoms with Crippen LogP contribution < -0.4 is 15.4 Å². The van der Waals surface area contributed by atoms with E-state index in [1.165, 1.54) is 0 Å². The first-order chi connectivity index (χ1) is 14.9. The first kappa shape index (κ1) is 21.6. The number of carbonyl (C=O) groups is 2. The van der Waals surface area contributed by atoms with Crippen molar-refractivity contribution in [2.75, 3.05) is 10.6 Å². The van der Waals surface area contributed by atoms with Crippen molar-refractivity contribution in [2.45, 2.75) is 20.5 Å². The van der Waals surface area contributed by atoms with Gasteiger partial charge in [-0.25, -0.2) is 0 Å². The number of nitrogens with zero attached hydrogens (tertiary/aromatic N) is 1. The first-order valence-corrected chi connectivity index (χ1v) is 9.89. The van der Waals surface area contributed by atoms with Crippen molar-refractivity contribution in [2.24, 2.45) is 5.92 Å². The smallest absolute Gasteiger partial charge is 0.255 e. The van der Waals surface area contributed by atoms with Crippen LogP contribution in [0.1, 0.15) is 35.3 Å². The minimum Gasteiger partial charge on any atom is -0.489 e. The molecule has 0 saturated carbocycles. The highest BCUT2D eigenvalue weighted by Crippen LogP contribution is 2.20. The van der Waals surface area contributed by atoms with Gasteiger partial charge in [0.15, 0.2) is 0 Å². The van der Waals surface area contributed by atoms with E-state index in [1.807, 2.05) is 26.0 Å². The average Bonchev–Trinajstić information content (AvgIpc) is 2.78. The Morgan fingerprint density at radius 3 is 2.39 bits per heavy atom. The van der Waals surface area contributed by atoms with Gasteiger partial charge in [-0.15, -0.1) is 0 Å². The Balaban J connectivity index is 1.60. The number of anilines is 2. The number of nitriles is 1. The number of amides is 2. The molecule has 3 aromatic carbocycles. The van der Waals surface area contributed by atoms with E-state index >= 15 is 0 Å². The fourth-order valence-corrected chi connectivity index (χ4v) is 2.76. The van der Waals surface area contributed by atoms with Gasteiger partial charge in [-0.2, -0.15) is 5.26 Å². The predicted octanol–water partition coefficient (Wildman–Crippen LogP) is 4.98. The van der Waals surface area contributed by atoms with Crippen LogP contribution >= 0.6 is 0 Å². The fraction of sp³-hybridized carbons (Fsp3) is 0.160. The van der Waals surface area contributed by atoms with E-state index in [0.717, 1.165) is 5.56 Å². The summed E-state index contributed by atoms with van der Waals surface area (Å²) < 4.78 is 5.79. The summed E-state index contributed by atoms with van der Waals surface area (Å²) in [6.45, 7) is 3.95. The Hall–Kier alpha value is -4.11. The molecule has 0 unspecified atom stereocenters. The first-order valence-electron chi connectivity index (χ1n) is 9.89. The van der Waals surface area contributed by atoms with Crippen LogP contribution in [0.25, 0.3) is 0 Å². The third-order valence-corrected chi connectivity index (χ3v) is 4.49. The van der Waals surface area contributed by atoms with E-state index in [9.17, 15) is 9.59 Å². The Morgan fingerprint density at radius 2 is 1.68 bits per heavy atom. The molecule has 0 fully saturated rings. The largest absolute Gasteiger partial charge is 0.489 e. The second-order valence-electron chi connectivity index (χ2n) is 7.30. The van der Waals surface area contributed by atoms with Gasteiger partial charge in [-0.05, 0) is 54.1 Å². The molecule has 31 heavy (non-hydrogen) atoms. The summed E-state index contributed by atoms with van der Waals surface area (Å²) in [5.41, 5.74) is 3.19. The third-order valence-electron chi connectivity index (χ3n) is 4.49. The van der Waals surface area contributed by atoms with Crippen LogP contribution in [0.5, 0.6) is 5.75 Å². The molecule has 0 radical (unpaired) electrons. The van der Waals surface area contributed by atoms with Gasteiger partial charge in [0.1, 0.15) is 12.4 Å². The number of rotatable bonds is 7. The molecule has 0 aliphatic rings. The topological polar surface area (TPSA) is 91.2 Å². The molecule has 3 rings (SSSR count). The van der Waals surface area contributed by atoms with E-state index in [0.29, 0.717) is 34.9 Å². The molecule has 6 nitrogen and oxygen atoms in total. The molecular weight excluding hydrogens is 390 g/mol. The highest BCUT2D eigenvalue weighted by atomic mass is 16.5. The number of ether oxygens (including phenoxy) is 1. The lowest BCUT2D eigenvalue weighted by Gasteiger charge is -2.11. The zero-order chi connectivity index (χ0) is 22.2. The predicted molar refractivity (Wildman–Crippen MR) is 120 cm³/mol. The average molecular weight is 413 g/mol. The van der Waals surface area contributed by atoms with E-state index in [2.05, 4.69) is 16.7 Å². The Labute approximate surface area is 181 Å². The second-order valence-corrected chi connectivity index (χ2v) is 7.30. The summed E-state index contributed by atoms with van der Waals surface area (Å²) in [5.74, 6) is 0.147. The fourth-order valence-electron chi connectivity index (χ4n) is 2.76. The van der Waals surface area contributed by atoms with Crippen LogP contribution in [0.3, 0.4) is 0 Å². The number of carbonyl (C=O) groups excluding carboxylic acids is 2. The van der Waals surface area contributed by atoms with Gasteiger partial charge in [0, 0.05) is 28.9 Å². The van der Waals surface area contributed by atoms with Gasteiger partial charge in [0.2, 0.25) is 5.91 Å². The van der Waals surface area contributed by atoms with Crippen LogP contribution in [0.4, 0.5) is 11.4 Å². The van der Waals surface area contributed by atoms with Crippen LogP contribution in [0, 0.1) is 17.2 Å². The third kappa shape index (κ3) is 6.18. The molecule has 2 amide bonds. The van der Waals surface area contributed by atoms with Crippen molar-refractivity contribution in [3.8, 4) is 11.8 Å². The number of nitrogens with one attached hydrogen (secondary N) is 2. The molecule has 0 saturated heterocycles. The van der Waals surface area contributed by atoms with Crippen molar-refractivity contribution >= 4 is 23.2 Å². The van der Waals surface area contributed by atoms with Crippen LogP contribution in [-0.2, 0) is 11.4 Å². The maximum atomic E-state index is 12.5. The number of benzene rings is 3. The van der Waals surface area contributed by atoms with Crippen molar-refractivity contribution in [1.29, 1.82) is 5.26 Å². The van der Waals surface area contributed by atoms with Crippen LogP contribution in [-0.4, -0.2) is 11.8 Å². The molecule has 3 aromatic rings. The Bertz CT molecular complexity index is 1120. The lowest BCUT2D eigenvalue weighted by atomic mass is 10.1. The van der Waals surface area contributed by atoms with Gasteiger partial charge in [-0.1, -0.05) is 32.0 Å². The van der Waals surface area contributed by atoms with Gasteiger partial charge in [0.25, 0.3) is 5.91 Å². The maximum Gasteiger partial charge on any atom is 0.255 e. The highest BCUT2D eigenvalue weighted by Gasteiger charge is 2.10. The molecule has 156 valence electrons. The van der Waals surface area contributed by atoms with Gasteiger partial charge >= 0.3 is 0 Å². The molecule has 0 heterocycles. The molecule has 0 spiro atoms. The minimum absolute atomic E-state index is 0.0756. The molecule has 0 bridgehead atoms. The standard InChI is InChI=1S/C25H23N3O3/c1-17(2)24(29)27-21-11-9-20(10-12-21)25(30)28-22-7-4-8-23(14-22)31-16-19-6-3-5-18(13-19)15-26/h3-14,17H,16H2,1-2H3,(H,27,29)(H,28,30). The summed E-state index contributed by atoms with van der Waals surface area (Å²) in [6.07, 6.45) is 0. The lowest BCUT2D eigenvalue weighted by molar-refractivity contribution is -0.118. The number of hydrogen-bond acceptors (Lipinski definition) is 4. The van der Waals surface area contributed by atoms with Crippen molar-refractivity contribution in [1.82, 2.24) is 0 Å². The van der Waals surface area contributed by atoms with Gasteiger partial charge in [-0.3, -0.25) is 9.59 Å². The molecule has 6 heteroatoms. The van der Waals surface area contributed by atoms with Crippen molar-refractivity contribution < 1.29 is 14.3 Å². The number of hydrogen-bond donors (Lipinski definition) is 2. The summed E-state index contributed by atoms with van der Waals surface area (Å²) in [6, 6.07) is 23.2. The van der Waals surface area contributed by atoms with E-state index < -0.39 is 0 Å². The molecule has 0 aromatic heterocycles. The SMILES string of the molecule is CC(C)C(=O)Nc1ccc(C(=O)Nc2cccc(OCc3cccc(C#N)c3)c2)cc1. The Morgan fingerprint density at radius 1 is 0.935 bits per heavy atom. The van der Waals surface area contributed by atoms with Crippen LogP contribution in [0.15, 0.2) is 72.8 Å². The summed E-state index contributed by atoms with van der Waals surface area (Å²) in [4.78, 5) is 24.3. The molecule has 0 aliphatic carbocycles. The zero-order valence-electron chi connectivity index (χ0n) is 17.4. The van der Waals surface area contributed by atoms with Crippen LogP contribution in [0.2, 0.25) is 0 Å². The summed E-state index contributed by atoms with van der Waals surface area (Å²) in [7, 11) is 0. The highest BCUT2D eigenvalue weighted by molar-refractivity contribution is 6.04. The zero-order valence-corrected chi connectivity index (χ0v) is 17.4. The quantitative estimate of drug-likeness (QED) is 0.571. The monoisotopic (exact) mass is 413 g/mol. The molecular formula is C25H23N3O3. The Kier molecular flexibility index (Phi) is 7.02. The van der Waals surface area contributed by atoms with E-state index in [-0.39, 0.29) is 17.7 Å². The molecule has 2 N–H and O–H groups in total. The molecule has 0 aliphatic heterocycles. The van der Waals surface area contributed by atoms with E-state index in [1.54, 1.807) is 60.7 Å². The summed E-state index contributed by atoms with van der Waals surface area (Å²) >= 11 is 0. The minimum atomic E-state index is -0.263. The summed E-state index contributed by atoms with van der Waals surface area (Å²) in [5, 5.41) is 14.6. The van der Waals surface area contributed by atoms with E-state index in [4.69, 9.17) is 10.00 Å². The lowest BCUT2D eigenvalue weighted by Crippen LogP contribution is -2.18. The van der Waals surface area contributed by atoms with Crippen molar-refractivity contribution in [3.63, 3.8) is 0 Å². The maximum absolute atomic E-state index is 12.5. The normalized spacial score (nSPS) is 10.3. The van der Waals surface area contributed by atoms with Gasteiger partial charge in [0.05, 0.1) is 11.6 Å².